The highest BCUT2D eigenvalue weighted by Gasteiger charge is 2.25. The SMILES string of the molecule is CCCCOC(=O)c1ccc(N2CCCC(C(=O)O)C2)cc1. The van der Waals surface area contributed by atoms with E-state index in [0.29, 0.717) is 18.7 Å². The molecule has 0 bridgehead atoms. The van der Waals surface area contributed by atoms with Crippen LogP contribution in [-0.2, 0) is 9.53 Å². The summed E-state index contributed by atoms with van der Waals surface area (Å²) in [7, 11) is 0. The van der Waals surface area contributed by atoms with E-state index in [-0.39, 0.29) is 11.9 Å². The number of carboxylic acids is 1. The third-order valence-electron chi connectivity index (χ3n) is 3.97. The fraction of sp³-hybridized carbons (Fsp3) is 0.529. The van der Waals surface area contributed by atoms with Crippen LogP contribution in [0, 0.1) is 5.92 Å². The zero-order valence-corrected chi connectivity index (χ0v) is 13.0. The van der Waals surface area contributed by atoms with Crippen molar-refractivity contribution in [3.8, 4) is 0 Å². The number of anilines is 1. The number of piperidine rings is 1. The van der Waals surface area contributed by atoms with Crippen LogP contribution in [0.2, 0.25) is 0 Å². The highest BCUT2D eigenvalue weighted by Crippen LogP contribution is 2.23. The van der Waals surface area contributed by atoms with Gasteiger partial charge in [0.1, 0.15) is 0 Å². The molecule has 1 heterocycles. The summed E-state index contributed by atoms with van der Waals surface area (Å²) >= 11 is 0. The molecule has 1 aromatic carbocycles. The highest BCUT2D eigenvalue weighted by molar-refractivity contribution is 5.89. The number of nitrogens with zero attached hydrogens (tertiary/aromatic N) is 1. The van der Waals surface area contributed by atoms with Gasteiger partial charge < -0.3 is 14.7 Å². The monoisotopic (exact) mass is 305 g/mol. The molecule has 1 atom stereocenters. The van der Waals surface area contributed by atoms with E-state index in [2.05, 4.69) is 4.90 Å². The van der Waals surface area contributed by atoms with Gasteiger partial charge in [0.25, 0.3) is 0 Å². The number of unbranched alkanes of at least 4 members (excludes halogenated alkanes) is 1. The molecular formula is C17H23NO4. The van der Waals surface area contributed by atoms with Crippen molar-refractivity contribution < 1.29 is 19.4 Å². The van der Waals surface area contributed by atoms with Crippen LogP contribution in [0.5, 0.6) is 0 Å². The maximum Gasteiger partial charge on any atom is 0.338 e. The van der Waals surface area contributed by atoms with Gasteiger partial charge in [0.15, 0.2) is 0 Å². The Balaban J connectivity index is 1.96. The van der Waals surface area contributed by atoms with Gasteiger partial charge in [-0.15, -0.1) is 0 Å². The Labute approximate surface area is 130 Å². The molecule has 1 saturated heterocycles. The third-order valence-corrected chi connectivity index (χ3v) is 3.97. The first kappa shape index (κ1) is 16.3. The number of aliphatic carboxylic acids is 1. The summed E-state index contributed by atoms with van der Waals surface area (Å²) in [5.41, 5.74) is 1.49. The average Bonchev–Trinajstić information content (AvgIpc) is 2.55. The van der Waals surface area contributed by atoms with Gasteiger partial charge in [0, 0.05) is 18.8 Å². The Kier molecular flexibility index (Phi) is 5.81. The molecular weight excluding hydrogens is 282 g/mol. The molecule has 0 aromatic heterocycles. The minimum absolute atomic E-state index is 0.304. The number of hydrogen-bond acceptors (Lipinski definition) is 4. The van der Waals surface area contributed by atoms with Crippen molar-refractivity contribution in [2.75, 3.05) is 24.6 Å². The van der Waals surface area contributed by atoms with Crippen molar-refractivity contribution >= 4 is 17.6 Å². The smallest absolute Gasteiger partial charge is 0.338 e. The van der Waals surface area contributed by atoms with E-state index in [9.17, 15) is 9.59 Å². The standard InChI is InChI=1S/C17H23NO4/c1-2-3-11-22-17(21)13-6-8-15(9-7-13)18-10-4-5-14(12-18)16(19)20/h6-9,14H,2-5,10-12H2,1H3,(H,19,20). The molecule has 120 valence electrons. The molecule has 1 fully saturated rings. The Morgan fingerprint density at radius 2 is 2.05 bits per heavy atom. The number of esters is 1. The summed E-state index contributed by atoms with van der Waals surface area (Å²) in [5, 5.41) is 9.13. The van der Waals surface area contributed by atoms with Crippen LogP contribution in [0.1, 0.15) is 43.0 Å². The predicted octanol–water partition coefficient (Wildman–Crippen LogP) is 2.94. The van der Waals surface area contributed by atoms with Crippen LogP contribution in [0.4, 0.5) is 5.69 Å². The molecule has 1 N–H and O–H groups in total. The molecule has 5 nitrogen and oxygen atoms in total. The highest BCUT2D eigenvalue weighted by atomic mass is 16.5. The zero-order valence-electron chi connectivity index (χ0n) is 13.0. The Hall–Kier alpha value is -2.04. The molecule has 2 rings (SSSR count). The van der Waals surface area contributed by atoms with Crippen molar-refractivity contribution in [2.45, 2.75) is 32.6 Å². The number of ether oxygens (including phenoxy) is 1. The lowest BCUT2D eigenvalue weighted by Gasteiger charge is -2.32. The summed E-state index contributed by atoms with van der Waals surface area (Å²) in [4.78, 5) is 25.0. The third kappa shape index (κ3) is 4.23. The molecule has 0 saturated carbocycles. The molecule has 0 radical (unpaired) electrons. The van der Waals surface area contributed by atoms with Crippen molar-refractivity contribution in [3.05, 3.63) is 29.8 Å². The average molecular weight is 305 g/mol. The van der Waals surface area contributed by atoms with Gasteiger partial charge in [0.05, 0.1) is 18.1 Å². The molecule has 0 amide bonds. The molecule has 1 aliphatic rings. The summed E-state index contributed by atoms with van der Waals surface area (Å²) in [6.07, 6.45) is 3.46. The molecule has 1 unspecified atom stereocenters. The Morgan fingerprint density at radius 1 is 1.32 bits per heavy atom. The van der Waals surface area contributed by atoms with Crippen molar-refractivity contribution in [1.29, 1.82) is 0 Å². The summed E-state index contributed by atoms with van der Waals surface area (Å²) in [6, 6.07) is 7.21. The van der Waals surface area contributed by atoms with Crippen molar-refractivity contribution in [2.24, 2.45) is 5.92 Å². The van der Waals surface area contributed by atoms with E-state index in [4.69, 9.17) is 9.84 Å². The van der Waals surface area contributed by atoms with Crippen LogP contribution < -0.4 is 4.90 Å². The summed E-state index contributed by atoms with van der Waals surface area (Å²) in [5.74, 6) is -1.35. The number of rotatable bonds is 6. The fourth-order valence-electron chi connectivity index (χ4n) is 2.61. The largest absolute Gasteiger partial charge is 0.481 e. The topological polar surface area (TPSA) is 66.8 Å². The maximum atomic E-state index is 11.8. The molecule has 22 heavy (non-hydrogen) atoms. The van der Waals surface area contributed by atoms with Gasteiger partial charge >= 0.3 is 11.9 Å². The van der Waals surface area contributed by atoms with Crippen LogP contribution >= 0.6 is 0 Å². The number of carbonyl (C=O) groups excluding carboxylic acids is 1. The molecule has 1 aliphatic heterocycles. The van der Waals surface area contributed by atoms with Crippen LogP contribution in [0.3, 0.4) is 0 Å². The van der Waals surface area contributed by atoms with Gasteiger partial charge in [-0.05, 0) is 43.5 Å². The van der Waals surface area contributed by atoms with Crippen molar-refractivity contribution in [1.82, 2.24) is 0 Å². The maximum absolute atomic E-state index is 11.8. The Morgan fingerprint density at radius 3 is 2.68 bits per heavy atom. The molecule has 0 aliphatic carbocycles. The fourth-order valence-corrected chi connectivity index (χ4v) is 2.61. The van der Waals surface area contributed by atoms with Gasteiger partial charge in [-0.25, -0.2) is 4.79 Å². The van der Waals surface area contributed by atoms with Gasteiger partial charge in [-0.2, -0.15) is 0 Å². The lowest BCUT2D eigenvalue weighted by Crippen LogP contribution is -2.38. The van der Waals surface area contributed by atoms with Crippen LogP contribution in [0.15, 0.2) is 24.3 Å². The number of carbonyl (C=O) groups is 2. The van der Waals surface area contributed by atoms with Gasteiger partial charge in [-0.3, -0.25) is 4.79 Å². The first-order chi connectivity index (χ1) is 10.6. The minimum atomic E-state index is -0.735. The first-order valence-electron chi connectivity index (χ1n) is 7.86. The van der Waals surface area contributed by atoms with Gasteiger partial charge in [-0.1, -0.05) is 13.3 Å². The second-order valence-corrected chi connectivity index (χ2v) is 5.66. The molecule has 0 spiro atoms. The second kappa shape index (κ2) is 7.82. The lowest BCUT2D eigenvalue weighted by atomic mass is 9.97. The zero-order chi connectivity index (χ0) is 15.9. The van der Waals surface area contributed by atoms with Crippen LogP contribution in [-0.4, -0.2) is 36.7 Å². The van der Waals surface area contributed by atoms with Gasteiger partial charge in [0.2, 0.25) is 0 Å². The van der Waals surface area contributed by atoms with E-state index < -0.39 is 5.97 Å². The second-order valence-electron chi connectivity index (χ2n) is 5.66. The number of carboxylic acid groups (broad SMARTS) is 1. The van der Waals surface area contributed by atoms with E-state index >= 15 is 0 Å². The van der Waals surface area contributed by atoms with E-state index in [1.165, 1.54) is 0 Å². The number of benzene rings is 1. The lowest BCUT2D eigenvalue weighted by molar-refractivity contribution is -0.141. The normalized spacial score (nSPS) is 18.0. The Bertz CT molecular complexity index is 512. The molecule has 1 aromatic rings. The van der Waals surface area contributed by atoms with E-state index in [1.54, 1.807) is 12.1 Å². The quantitative estimate of drug-likeness (QED) is 0.646. The van der Waals surface area contributed by atoms with Crippen LogP contribution in [0.25, 0.3) is 0 Å². The molecule has 5 heteroatoms. The van der Waals surface area contributed by atoms with Crippen molar-refractivity contribution in [3.63, 3.8) is 0 Å². The van der Waals surface area contributed by atoms with E-state index in [1.807, 2.05) is 19.1 Å². The minimum Gasteiger partial charge on any atom is -0.481 e. The predicted molar refractivity (Wildman–Crippen MR) is 84.2 cm³/mol. The first-order valence-corrected chi connectivity index (χ1v) is 7.86. The number of hydrogen-bond donors (Lipinski definition) is 1. The summed E-state index contributed by atoms with van der Waals surface area (Å²) < 4.78 is 5.17. The van der Waals surface area contributed by atoms with E-state index in [0.717, 1.165) is 37.9 Å². The summed E-state index contributed by atoms with van der Waals surface area (Å²) in [6.45, 7) is 3.87.